The minimum absolute atomic E-state index is 0. The first kappa shape index (κ1) is 7.19. The van der Waals surface area contributed by atoms with Gasteiger partial charge >= 0.3 is 45.5 Å². The number of furan rings is 1. The van der Waals surface area contributed by atoms with E-state index < -0.39 is 0 Å². The van der Waals surface area contributed by atoms with Gasteiger partial charge in [0, 0.05) is 0 Å². The Morgan fingerprint density at radius 2 is 2.29 bits per heavy atom. The van der Waals surface area contributed by atoms with Crippen LogP contribution in [0.1, 0.15) is 0 Å². The van der Waals surface area contributed by atoms with Crippen LogP contribution in [0.15, 0.2) is 22.8 Å². The summed E-state index contributed by atoms with van der Waals surface area (Å²) in [7, 11) is 0. The molecule has 0 aliphatic heterocycles. The van der Waals surface area contributed by atoms with Crippen molar-refractivity contribution in [1.29, 1.82) is 0 Å². The van der Waals surface area contributed by atoms with Crippen LogP contribution in [0.5, 0.6) is 0 Å². The van der Waals surface area contributed by atoms with E-state index in [0.717, 1.165) is 22.7 Å². The van der Waals surface area contributed by atoms with E-state index in [2.05, 4.69) is 0 Å². The molecule has 0 aromatic carbocycles. The van der Waals surface area contributed by atoms with E-state index in [0.29, 0.717) is 0 Å². The van der Waals surface area contributed by atoms with Gasteiger partial charge in [0.1, 0.15) is 0 Å². The Labute approximate surface area is 58.2 Å². The molecule has 7 heavy (non-hydrogen) atoms. The molecule has 0 bridgehead atoms. The molecule has 0 fully saturated rings. The van der Waals surface area contributed by atoms with Crippen LogP contribution in [0.2, 0.25) is 0 Å². The molecule has 0 atom stereocenters. The fourth-order valence-electron chi connectivity index (χ4n) is 0.313. The summed E-state index contributed by atoms with van der Waals surface area (Å²) in [6.45, 7) is 0. The van der Waals surface area contributed by atoms with Gasteiger partial charge in [-0.2, -0.15) is 0 Å². The van der Waals surface area contributed by atoms with Gasteiger partial charge in [0.25, 0.3) is 0 Å². The molecule has 0 radical (unpaired) electrons. The summed E-state index contributed by atoms with van der Waals surface area (Å²) in [6.07, 6.45) is 1.69. The summed E-state index contributed by atoms with van der Waals surface area (Å²) in [4.78, 5) is 0. The Bertz CT molecular complexity index is 115. The molecule has 34 valence electrons. The third kappa shape index (κ3) is 2.10. The SMILES string of the molecule is [Cl-].[Zn+][c]1ccco1. The molecule has 0 spiro atoms. The van der Waals surface area contributed by atoms with Crippen LogP contribution in [-0.4, -0.2) is 0 Å². The van der Waals surface area contributed by atoms with Gasteiger partial charge in [-0.25, -0.2) is 0 Å². The van der Waals surface area contributed by atoms with Crippen LogP contribution in [0.3, 0.4) is 0 Å². The fourth-order valence-corrected chi connectivity index (χ4v) is 0.800. The molecule has 1 aromatic rings. The summed E-state index contributed by atoms with van der Waals surface area (Å²) < 4.78 is 5.98. The summed E-state index contributed by atoms with van der Waals surface area (Å²) in [5, 5.41) is 0. The second-order valence-electron chi connectivity index (χ2n) is 1.08. The number of hydrogen-bond donors (Lipinski definition) is 0. The van der Waals surface area contributed by atoms with Crippen molar-refractivity contribution < 1.29 is 35.1 Å². The number of halogens is 1. The molecule has 1 heterocycles. The average molecular weight is 168 g/mol. The molecule has 3 heteroatoms. The van der Waals surface area contributed by atoms with E-state index in [1.165, 1.54) is 0 Å². The topological polar surface area (TPSA) is 13.1 Å². The third-order valence-electron chi connectivity index (χ3n) is 0.580. The zero-order chi connectivity index (χ0) is 4.41. The Kier molecular flexibility index (Phi) is 3.32. The molecule has 0 N–H and O–H groups in total. The van der Waals surface area contributed by atoms with Crippen LogP contribution < -0.4 is 16.8 Å². The third-order valence-corrected chi connectivity index (χ3v) is 1.42. The Morgan fingerprint density at radius 1 is 1.57 bits per heavy atom. The number of hydrogen-bond acceptors (Lipinski definition) is 1. The van der Waals surface area contributed by atoms with Crippen molar-refractivity contribution >= 4 is 4.35 Å². The quantitative estimate of drug-likeness (QED) is 0.389. The summed E-state index contributed by atoms with van der Waals surface area (Å²) >= 11 is 1.12. The first-order valence-corrected chi connectivity index (χ1v) is 3.23. The van der Waals surface area contributed by atoms with Gasteiger partial charge in [0.15, 0.2) is 0 Å². The van der Waals surface area contributed by atoms with Gasteiger partial charge in [0.2, 0.25) is 0 Å². The fraction of sp³-hybridized carbons (Fsp3) is 0. The summed E-state index contributed by atoms with van der Waals surface area (Å²) in [5.41, 5.74) is 0. The monoisotopic (exact) mass is 166 g/mol. The van der Waals surface area contributed by atoms with Gasteiger partial charge < -0.3 is 12.4 Å². The Hall–Kier alpha value is 0.193. The van der Waals surface area contributed by atoms with Gasteiger partial charge in [-0.3, -0.25) is 0 Å². The van der Waals surface area contributed by atoms with Crippen LogP contribution in [-0.2, 0) is 18.3 Å². The van der Waals surface area contributed by atoms with E-state index in [1.54, 1.807) is 6.26 Å². The first-order chi connectivity index (χ1) is 2.89. The molecular formula is C4H3ClOZn. The second kappa shape index (κ2) is 3.23. The molecule has 0 saturated heterocycles. The van der Waals surface area contributed by atoms with Crippen molar-refractivity contribution in [3.63, 3.8) is 0 Å². The summed E-state index contributed by atoms with van der Waals surface area (Å²) in [6, 6.07) is 3.87. The molecule has 0 aliphatic carbocycles. The minimum atomic E-state index is 0. The standard InChI is InChI=1S/C4H3O.ClH.Zn/c1-2-4-5-3-1;;/h1-3H;1H;/q;;+1/p-1. The predicted molar refractivity (Wildman–Crippen MR) is 18.3 cm³/mol. The molecule has 1 nitrogen and oxygen atoms in total. The molecule has 1 aromatic heterocycles. The van der Waals surface area contributed by atoms with E-state index in [1.807, 2.05) is 12.1 Å². The van der Waals surface area contributed by atoms with Gasteiger partial charge in [-0.05, 0) is 0 Å². The van der Waals surface area contributed by atoms with Gasteiger partial charge in [0.05, 0.1) is 0 Å². The molecule has 0 amide bonds. The van der Waals surface area contributed by atoms with Crippen LogP contribution in [0, 0.1) is 0 Å². The normalized spacial score (nSPS) is 7.71. The average Bonchev–Trinajstić information content (AvgIpc) is 1.86. The first-order valence-electron chi connectivity index (χ1n) is 1.75. The van der Waals surface area contributed by atoms with Crippen molar-refractivity contribution in [3.8, 4) is 0 Å². The van der Waals surface area contributed by atoms with E-state index >= 15 is 0 Å². The van der Waals surface area contributed by atoms with Crippen LogP contribution in [0.25, 0.3) is 0 Å². The number of rotatable bonds is 0. The van der Waals surface area contributed by atoms with Gasteiger partial charge in [-0.15, -0.1) is 0 Å². The predicted octanol–water partition coefficient (Wildman–Crippen LogP) is -2.54. The molecule has 0 saturated carbocycles. The molecule has 0 unspecified atom stereocenters. The Morgan fingerprint density at radius 3 is 2.43 bits per heavy atom. The Balaban J connectivity index is 0.000000360. The van der Waals surface area contributed by atoms with Gasteiger partial charge in [-0.1, -0.05) is 0 Å². The maximum atomic E-state index is 4.89. The van der Waals surface area contributed by atoms with Crippen molar-refractivity contribution in [3.05, 3.63) is 18.4 Å². The van der Waals surface area contributed by atoms with Crippen molar-refractivity contribution in [2.75, 3.05) is 0 Å². The van der Waals surface area contributed by atoms with E-state index in [4.69, 9.17) is 4.42 Å². The molecule has 1 rings (SSSR count). The van der Waals surface area contributed by atoms with Crippen LogP contribution >= 0.6 is 0 Å². The maximum absolute atomic E-state index is 4.89. The molecular weight excluding hydrogens is 165 g/mol. The van der Waals surface area contributed by atoms with Crippen molar-refractivity contribution in [1.82, 2.24) is 0 Å². The second-order valence-corrected chi connectivity index (χ2v) is 2.54. The zero-order valence-electron chi connectivity index (χ0n) is 3.73. The molecule has 0 aliphatic rings. The van der Waals surface area contributed by atoms with Crippen LogP contribution in [0.4, 0.5) is 0 Å². The van der Waals surface area contributed by atoms with Crippen molar-refractivity contribution in [2.24, 2.45) is 0 Å². The van der Waals surface area contributed by atoms with E-state index in [-0.39, 0.29) is 12.4 Å². The summed E-state index contributed by atoms with van der Waals surface area (Å²) in [5.74, 6) is 0. The van der Waals surface area contributed by atoms with E-state index in [9.17, 15) is 0 Å². The van der Waals surface area contributed by atoms with Crippen molar-refractivity contribution in [2.45, 2.75) is 0 Å². The zero-order valence-corrected chi connectivity index (χ0v) is 7.45.